The van der Waals surface area contributed by atoms with E-state index < -0.39 is 6.04 Å². The zero-order chi connectivity index (χ0) is 22.0. The molecule has 0 saturated heterocycles. The summed E-state index contributed by atoms with van der Waals surface area (Å²) in [6, 6.07) is 9.29. The molecular weight excluding hydrogens is 390 g/mol. The molecule has 31 heavy (non-hydrogen) atoms. The topological polar surface area (TPSA) is 81.8 Å². The summed E-state index contributed by atoms with van der Waals surface area (Å²) in [4.78, 5) is 26.6. The van der Waals surface area contributed by atoms with Crippen LogP contribution in [0.3, 0.4) is 0 Å². The lowest BCUT2D eigenvalue weighted by Gasteiger charge is -2.22. The molecule has 0 unspecified atom stereocenters. The van der Waals surface area contributed by atoms with Gasteiger partial charge < -0.3 is 5.32 Å². The molecule has 164 valence electrons. The van der Waals surface area contributed by atoms with E-state index in [-0.39, 0.29) is 17.5 Å². The third kappa shape index (κ3) is 4.13. The largest absolute Gasteiger partial charge is 0.352 e. The van der Waals surface area contributed by atoms with E-state index in [0.717, 1.165) is 37.1 Å². The smallest absolute Gasteiger partial charge is 0.278 e. The van der Waals surface area contributed by atoms with Gasteiger partial charge in [0.25, 0.3) is 5.56 Å². The van der Waals surface area contributed by atoms with Crippen molar-refractivity contribution in [2.24, 2.45) is 0 Å². The van der Waals surface area contributed by atoms with E-state index in [2.05, 4.69) is 15.5 Å². The van der Waals surface area contributed by atoms with Gasteiger partial charge in [-0.1, -0.05) is 50.8 Å². The van der Waals surface area contributed by atoms with Gasteiger partial charge in [-0.25, -0.2) is 9.36 Å². The maximum Gasteiger partial charge on any atom is 0.278 e. The summed E-state index contributed by atoms with van der Waals surface area (Å²) in [5.74, 6) is -0.115. The fourth-order valence-electron chi connectivity index (χ4n) is 4.60. The highest BCUT2D eigenvalue weighted by molar-refractivity contribution is 5.84. The van der Waals surface area contributed by atoms with Crippen molar-refractivity contribution in [3.63, 3.8) is 0 Å². The Morgan fingerprint density at radius 3 is 2.42 bits per heavy atom. The second kappa shape index (κ2) is 9.04. The van der Waals surface area contributed by atoms with Crippen LogP contribution in [-0.4, -0.2) is 31.5 Å². The minimum absolute atomic E-state index is 0.115. The molecule has 0 aliphatic heterocycles. The van der Waals surface area contributed by atoms with Crippen LogP contribution < -0.4 is 10.9 Å². The highest BCUT2D eigenvalue weighted by atomic mass is 16.2. The molecule has 1 N–H and O–H groups in total. The normalized spacial score (nSPS) is 16.2. The summed E-state index contributed by atoms with van der Waals surface area (Å²) in [6.07, 6.45) is 7.25. The van der Waals surface area contributed by atoms with Crippen LogP contribution in [0.25, 0.3) is 16.6 Å². The summed E-state index contributed by atoms with van der Waals surface area (Å²) in [5.41, 5.74) is 2.61. The van der Waals surface area contributed by atoms with Gasteiger partial charge in [-0.15, -0.1) is 0 Å². The molecule has 3 aromatic rings. The minimum Gasteiger partial charge on any atom is -0.352 e. The highest BCUT2D eigenvalue weighted by Crippen LogP contribution is 2.22. The first-order valence-corrected chi connectivity index (χ1v) is 11.4. The molecule has 0 radical (unpaired) electrons. The van der Waals surface area contributed by atoms with E-state index >= 15 is 0 Å². The number of para-hydroxylation sites is 1. The van der Waals surface area contributed by atoms with E-state index in [1.54, 1.807) is 4.68 Å². The molecule has 4 rings (SSSR count). The first kappa shape index (κ1) is 21.3. The van der Waals surface area contributed by atoms with Crippen molar-refractivity contribution in [2.45, 2.75) is 77.8 Å². The first-order chi connectivity index (χ1) is 15.0. The summed E-state index contributed by atoms with van der Waals surface area (Å²) in [5, 5.41) is 12.9. The Bertz CT molecular complexity index is 1120. The second-order valence-electron chi connectivity index (χ2n) is 8.51. The molecule has 1 aliphatic rings. The Kier molecular flexibility index (Phi) is 6.20. The summed E-state index contributed by atoms with van der Waals surface area (Å²) < 4.78 is 3.14. The molecule has 1 aliphatic carbocycles. The van der Waals surface area contributed by atoms with Crippen molar-refractivity contribution >= 4 is 16.8 Å². The highest BCUT2D eigenvalue weighted by Gasteiger charge is 2.27. The van der Waals surface area contributed by atoms with Crippen LogP contribution in [-0.2, 0) is 4.79 Å². The number of hydrogen-bond donors (Lipinski definition) is 1. The van der Waals surface area contributed by atoms with Crippen LogP contribution in [0.4, 0.5) is 0 Å². The Labute approximate surface area is 182 Å². The average Bonchev–Trinajstić information content (AvgIpc) is 2.93. The number of hydrogen-bond acceptors (Lipinski definition) is 4. The van der Waals surface area contributed by atoms with Gasteiger partial charge in [0.2, 0.25) is 5.91 Å². The predicted octanol–water partition coefficient (Wildman–Crippen LogP) is 3.99. The molecule has 7 heteroatoms. The Hall–Kier alpha value is -2.96. The molecule has 1 atom stereocenters. The number of nitrogens with zero attached hydrogens (tertiary/aromatic N) is 4. The predicted molar refractivity (Wildman–Crippen MR) is 122 cm³/mol. The number of nitrogens with one attached hydrogen (secondary N) is 1. The average molecular weight is 422 g/mol. The number of amides is 1. The number of rotatable bonds is 5. The number of aromatic nitrogens is 4. The monoisotopic (exact) mass is 421 g/mol. The van der Waals surface area contributed by atoms with Crippen molar-refractivity contribution < 1.29 is 4.79 Å². The Balaban J connectivity index is 1.72. The molecule has 1 aromatic carbocycles. The summed E-state index contributed by atoms with van der Waals surface area (Å²) in [6.45, 7) is 5.65. The van der Waals surface area contributed by atoms with Gasteiger partial charge in [0, 0.05) is 6.04 Å². The van der Waals surface area contributed by atoms with Gasteiger partial charge in [-0.05, 0) is 45.2 Å². The van der Waals surface area contributed by atoms with Crippen molar-refractivity contribution in [1.29, 1.82) is 0 Å². The Morgan fingerprint density at radius 2 is 1.77 bits per heavy atom. The van der Waals surface area contributed by atoms with E-state index in [9.17, 15) is 9.59 Å². The Morgan fingerprint density at radius 1 is 1.10 bits per heavy atom. The number of carbonyl (C=O) groups excluding carboxylic acids is 1. The van der Waals surface area contributed by atoms with Gasteiger partial charge in [0.1, 0.15) is 11.6 Å². The summed E-state index contributed by atoms with van der Waals surface area (Å²) >= 11 is 0. The molecule has 1 saturated carbocycles. The lowest BCUT2D eigenvalue weighted by atomic mass is 10.1. The van der Waals surface area contributed by atoms with Gasteiger partial charge >= 0.3 is 0 Å². The zero-order valence-corrected chi connectivity index (χ0v) is 18.6. The van der Waals surface area contributed by atoms with Gasteiger partial charge in [-0.2, -0.15) is 10.2 Å². The lowest BCUT2D eigenvalue weighted by Crippen LogP contribution is -2.43. The molecule has 1 amide bonds. The molecule has 2 heterocycles. The molecule has 0 bridgehead atoms. The van der Waals surface area contributed by atoms with Crippen molar-refractivity contribution in [2.75, 3.05) is 0 Å². The van der Waals surface area contributed by atoms with E-state index in [4.69, 9.17) is 0 Å². The third-order valence-corrected chi connectivity index (χ3v) is 6.33. The standard InChI is InChI=1S/C24H31N5O2/c1-4-20(23(30)25-18-12-8-5-6-9-13-18)29-24(31)21-17(3)28(19-14-10-7-11-15-19)27-22(21)16(2)26-29/h7,10-11,14-15,18,20H,4-6,8-9,12-13H2,1-3H3,(H,25,30)/t20-/m0/s1. The minimum atomic E-state index is -0.627. The van der Waals surface area contributed by atoms with E-state index in [1.165, 1.54) is 17.5 Å². The molecule has 0 spiro atoms. The maximum atomic E-state index is 13.5. The quantitative estimate of drug-likeness (QED) is 0.632. The summed E-state index contributed by atoms with van der Waals surface area (Å²) in [7, 11) is 0. The van der Waals surface area contributed by atoms with Crippen LogP contribution in [0.15, 0.2) is 35.1 Å². The molecule has 2 aromatic heterocycles. The second-order valence-corrected chi connectivity index (χ2v) is 8.51. The number of aryl methyl sites for hydroxylation is 2. The third-order valence-electron chi connectivity index (χ3n) is 6.33. The van der Waals surface area contributed by atoms with E-state index in [0.29, 0.717) is 23.0 Å². The molecule has 1 fully saturated rings. The van der Waals surface area contributed by atoms with Crippen LogP contribution in [0.5, 0.6) is 0 Å². The van der Waals surface area contributed by atoms with Crippen LogP contribution in [0.2, 0.25) is 0 Å². The molecular formula is C24H31N5O2. The number of benzene rings is 1. The first-order valence-electron chi connectivity index (χ1n) is 11.4. The fraction of sp³-hybridized carbons (Fsp3) is 0.500. The number of fused-ring (bicyclic) bond motifs is 1. The van der Waals surface area contributed by atoms with Crippen LogP contribution >= 0.6 is 0 Å². The van der Waals surface area contributed by atoms with Gasteiger partial charge in [0.15, 0.2) is 0 Å². The maximum absolute atomic E-state index is 13.5. The lowest BCUT2D eigenvalue weighted by molar-refractivity contribution is -0.125. The zero-order valence-electron chi connectivity index (χ0n) is 18.6. The van der Waals surface area contributed by atoms with Crippen molar-refractivity contribution in [3.05, 3.63) is 52.1 Å². The van der Waals surface area contributed by atoms with Crippen LogP contribution in [0, 0.1) is 13.8 Å². The number of carbonyl (C=O) groups is 1. The van der Waals surface area contributed by atoms with Crippen molar-refractivity contribution in [3.8, 4) is 5.69 Å². The van der Waals surface area contributed by atoms with Crippen LogP contribution in [0.1, 0.15) is 69.3 Å². The van der Waals surface area contributed by atoms with Gasteiger partial charge in [-0.3, -0.25) is 9.59 Å². The van der Waals surface area contributed by atoms with Crippen molar-refractivity contribution in [1.82, 2.24) is 24.9 Å². The molecule has 7 nitrogen and oxygen atoms in total. The fourth-order valence-corrected chi connectivity index (χ4v) is 4.60. The SMILES string of the molecule is CC[C@@H](C(=O)NC1CCCCCC1)n1nc(C)c2nn(-c3ccccc3)c(C)c2c1=O. The van der Waals surface area contributed by atoms with Gasteiger partial charge in [0.05, 0.1) is 22.5 Å². The van der Waals surface area contributed by atoms with E-state index in [1.807, 2.05) is 51.1 Å².